The number of carbonyl (C=O) groups excluding carboxylic acids is 1. The summed E-state index contributed by atoms with van der Waals surface area (Å²) >= 11 is 0. The van der Waals surface area contributed by atoms with Crippen LogP contribution in [-0.2, 0) is 17.8 Å². The molecule has 1 fully saturated rings. The summed E-state index contributed by atoms with van der Waals surface area (Å²) < 4.78 is 25.4. The predicted molar refractivity (Wildman–Crippen MR) is 142 cm³/mol. The summed E-state index contributed by atoms with van der Waals surface area (Å²) in [5, 5.41) is 2.85. The third kappa shape index (κ3) is 8.27. The molecule has 0 unspecified atom stereocenters. The average molecular weight is 507 g/mol. The number of nitrogens with zero attached hydrogens (tertiary/aromatic N) is 3. The van der Waals surface area contributed by atoms with Crippen LogP contribution in [0.5, 0.6) is 11.5 Å². The van der Waals surface area contributed by atoms with E-state index in [-0.39, 0.29) is 24.7 Å². The van der Waals surface area contributed by atoms with Gasteiger partial charge in [0.25, 0.3) is 0 Å². The SMILES string of the molecule is CCOc1ccc(-c2ccc(CC(=O)NCc3cc(F)cc(OCCN4CCN(C)CC4)c3)nc2)cc1. The number of carbonyl (C=O) groups is 1. The van der Waals surface area contributed by atoms with Crippen LogP contribution in [0.25, 0.3) is 11.1 Å². The van der Waals surface area contributed by atoms with Crippen molar-refractivity contribution in [1.82, 2.24) is 20.1 Å². The highest BCUT2D eigenvalue weighted by molar-refractivity contribution is 5.78. The van der Waals surface area contributed by atoms with Crippen LogP contribution in [0.1, 0.15) is 18.2 Å². The van der Waals surface area contributed by atoms with Crippen LogP contribution in [0.3, 0.4) is 0 Å². The molecule has 0 spiro atoms. The number of likely N-dealkylation sites (N-methyl/N-ethyl adjacent to an activating group) is 1. The fourth-order valence-corrected chi connectivity index (χ4v) is 4.21. The van der Waals surface area contributed by atoms with Gasteiger partial charge in [0.15, 0.2) is 0 Å². The lowest BCUT2D eigenvalue weighted by Crippen LogP contribution is -2.45. The van der Waals surface area contributed by atoms with Crippen molar-refractivity contribution >= 4 is 5.91 Å². The number of nitrogens with one attached hydrogen (secondary N) is 1. The van der Waals surface area contributed by atoms with Crippen LogP contribution in [0.2, 0.25) is 0 Å². The zero-order chi connectivity index (χ0) is 26.0. The van der Waals surface area contributed by atoms with E-state index in [1.807, 2.05) is 43.3 Å². The number of rotatable bonds is 11. The summed E-state index contributed by atoms with van der Waals surface area (Å²) in [5.41, 5.74) is 3.31. The van der Waals surface area contributed by atoms with Crippen molar-refractivity contribution in [2.75, 3.05) is 53.0 Å². The van der Waals surface area contributed by atoms with Crippen molar-refractivity contribution in [2.45, 2.75) is 19.9 Å². The molecule has 1 aliphatic heterocycles. The third-order valence-electron chi connectivity index (χ3n) is 6.36. The summed E-state index contributed by atoms with van der Waals surface area (Å²) in [4.78, 5) is 21.6. The Kier molecular flexibility index (Phi) is 9.46. The molecule has 2 heterocycles. The molecule has 1 saturated heterocycles. The first-order chi connectivity index (χ1) is 18.0. The summed E-state index contributed by atoms with van der Waals surface area (Å²) in [7, 11) is 2.12. The Labute approximate surface area is 218 Å². The van der Waals surface area contributed by atoms with Gasteiger partial charge in [-0.05, 0) is 55.4 Å². The first-order valence-electron chi connectivity index (χ1n) is 12.8. The maximum absolute atomic E-state index is 14.1. The molecule has 1 aromatic heterocycles. The molecule has 0 aliphatic carbocycles. The zero-order valence-electron chi connectivity index (χ0n) is 21.6. The van der Waals surface area contributed by atoms with Crippen LogP contribution in [0, 0.1) is 5.82 Å². The number of pyridine rings is 1. The van der Waals surface area contributed by atoms with Crippen LogP contribution in [0.4, 0.5) is 4.39 Å². The number of benzene rings is 2. The van der Waals surface area contributed by atoms with E-state index in [9.17, 15) is 9.18 Å². The van der Waals surface area contributed by atoms with Gasteiger partial charge in [-0.25, -0.2) is 4.39 Å². The molecule has 0 saturated carbocycles. The molecule has 0 atom stereocenters. The van der Waals surface area contributed by atoms with Crippen molar-refractivity contribution in [3.8, 4) is 22.6 Å². The van der Waals surface area contributed by atoms with Crippen molar-refractivity contribution in [1.29, 1.82) is 0 Å². The number of ether oxygens (including phenoxy) is 2. The molecular weight excluding hydrogens is 471 g/mol. The Balaban J connectivity index is 1.24. The van der Waals surface area contributed by atoms with Gasteiger partial charge in [0.05, 0.1) is 13.0 Å². The molecule has 1 N–H and O–H groups in total. The average Bonchev–Trinajstić information content (AvgIpc) is 2.90. The maximum Gasteiger partial charge on any atom is 0.226 e. The van der Waals surface area contributed by atoms with E-state index in [4.69, 9.17) is 9.47 Å². The minimum atomic E-state index is -0.382. The van der Waals surface area contributed by atoms with Crippen LogP contribution in [-0.4, -0.2) is 73.7 Å². The predicted octanol–water partition coefficient (Wildman–Crippen LogP) is 3.77. The molecule has 4 rings (SSSR count). The van der Waals surface area contributed by atoms with E-state index >= 15 is 0 Å². The highest BCUT2D eigenvalue weighted by Crippen LogP contribution is 2.22. The van der Waals surface area contributed by atoms with Crippen molar-refractivity contribution in [3.63, 3.8) is 0 Å². The maximum atomic E-state index is 14.1. The minimum Gasteiger partial charge on any atom is -0.494 e. The molecule has 37 heavy (non-hydrogen) atoms. The lowest BCUT2D eigenvalue weighted by molar-refractivity contribution is -0.120. The van der Waals surface area contributed by atoms with Gasteiger partial charge in [0.1, 0.15) is 23.9 Å². The monoisotopic (exact) mass is 506 g/mol. The molecule has 196 valence electrons. The van der Waals surface area contributed by atoms with Crippen molar-refractivity contribution in [3.05, 3.63) is 77.9 Å². The number of halogens is 1. The Morgan fingerprint density at radius 1 is 0.973 bits per heavy atom. The fraction of sp³-hybridized carbons (Fsp3) is 0.379. The molecule has 7 nitrogen and oxygen atoms in total. The number of aromatic nitrogens is 1. The molecule has 3 aromatic rings. The van der Waals surface area contributed by atoms with Gasteiger partial charge in [0, 0.05) is 62.8 Å². The Hall–Kier alpha value is -3.49. The van der Waals surface area contributed by atoms with Crippen LogP contribution >= 0.6 is 0 Å². The van der Waals surface area contributed by atoms with Crippen LogP contribution < -0.4 is 14.8 Å². The lowest BCUT2D eigenvalue weighted by atomic mass is 10.1. The molecule has 1 aliphatic rings. The number of hydrogen-bond donors (Lipinski definition) is 1. The van der Waals surface area contributed by atoms with Gasteiger partial charge in [-0.3, -0.25) is 14.7 Å². The molecule has 0 radical (unpaired) electrons. The molecular formula is C29H35FN4O3. The molecule has 0 bridgehead atoms. The highest BCUT2D eigenvalue weighted by Gasteiger charge is 2.13. The van der Waals surface area contributed by atoms with Gasteiger partial charge < -0.3 is 19.7 Å². The summed E-state index contributed by atoms with van der Waals surface area (Å²) in [5.74, 6) is 0.746. The quantitative estimate of drug-likeness (QED) is 0.427. The largest absolute Gasteiger partial charge is 0.494 e. The second-order valence-corrected chi connectivity index (χ2v) is 9.24. The van der Waals surface area contributed by atoms with Gasteiger partial charge in [-0.1, -0.05) is 18.2 Å². The van der Waals surface area contributed by atoms with E-state index in [0.29, 0.717) is 30.2 Å². The van der Waals surface area contributed by atoms with Crippen molar-refractivity contribution < 1.29 is 18.7 Å². The van der Waals surface area contributed by atoms with Gasteiger partial charge in [-0.15, -0.1) is 0 Å². The summed E-state index contributed by atoms with van der Waals surface area (Å²) in [6.45, 7) is 8.22. The molecule has 8 heteroatoms. The topological polar surface area (TPSA) is 66.9 Å². The number of hydrogen-bond acceptors (Lipinski definition) is 6. The normalized spacial score (nSPS) is 14.4. The zero-order valence-corrected chi connectivity index (χ0v) is 21.6. The van der Waals surface area contributed by atoms with Gasteiger partial charge in [0.2, 0.25) is 5.91 Å². The van der Waals surface area contributed by atoms with E-state index in [2.05, 4.69) is 27.1 Å². The van der Waals surface area contributed by atoms with Gasteiger partial charge >= 0.3 is 0 Å². The first kappa shape index (κ1) is 26.6. The Bertz CT molecular complexity index is 1150. The summed E-state index contributed by atoms with van der Waals surface area (Å²) in [6.07, 6.45) is 1.91. The first-order valence-corrected chi connectivity index (χ1v) is 12.8. The second kappa shape index (κ2) is 13.2. The highest BCUT2D eigenvalue weighted by atomic mass is 19.1. The van der Waals surface area contributed by atoms with Crippen LogP contribution in [0.15, 0.2) is 60.8 Å². The second-order valence-electron chi connectivity index (χ2n) is 9.24. The van der Waals surface area contributed by atoms with E-state index < -0.39 is 0 Å². The van der Waals surface area contributed by atoms with E-state index in [0.717, 1.165) is 49.6 Å². The standard InChI is InChI=1S/C29H35FN4O3/c1-3-36-27-8-5-23(6-9-27)24-4-7-26(31-21-24)19-29(35)32-20-22-16-25(30)18-28(17-22)37-15-14-34-12-10-33(2)11-13-34/h4-9,16-18,21H,3,10-15,19-20H2,1-2H3,(H,32,35). The van der Waals surface area contributed by atoms with E-state index in [1.54, 1.807) is 12.3 Å². The number of piperazine rings is 1. The van der Waals surface area contributed by atoms with Gasteiger partial charge in [-0.2, -0.15) is 0 Å². The summed E-state index contributed by atoms with van der Waals surface area (Å²) in [6, 6.07) is 16.2. The molecule has 1 amide bonds. The minimum absolute atomic E-state index is 0.146. The molecule has 2 aromatic carbocycles. The van der Waals surface area contributed by atoms with Crippen molar-refractivity contribution in [2.24, 2.45) is 0 Å². The Morgan fingerprint density at radius 3 is 2.43 bits per heavy atom. The fourth-order valence-electron chi connectivity index (χ4n) is 4.21. The number of amides is 1. The van der Waals surface area contributed by atoms with E-state index in [1.165, 1.54) is 12.1 Å². The Morgan fingerprint density at radius 2 is 1.73 bits per heavy atom. The lowest BCUT2D eigenvalue weighted by Gasteiger charge is -2.32. The smallest absolute Gasteiger partial charge is 0.226 e. The third-order valence-corrected chi connectivity index (χ3v) is 6.36.